The van der Waals surface area contributed by atoms with Gasteiger partial charge in [-0.05, 0) is 57.0 Å². The van der Waals surface area contributed by atoms with Gasteiger partial charge < -0.3 is 5.73 Å². The number of hydrogen-bond donors (Lipinski definition) is 1. The monoisotopic (exact) mass is 283 g/mol. The van der Waals surface area contributed by atoms with Gasteiger partial charge in [0.15, 0.2) is 0 Å². The molecule has 1 fully saturated rings. The van der Waals surface area contributed by atoms with Crippen molar-refractivity contribution in [3.05, 3.63) is 41.6 Å². The molecule has 1 aliphatic heterocycles. The summed E-state index contributed by atoms with van der Waals surface area (Å²) in [7, 11) is 0. The minimum atomic E-state index is 0.649. The number of para-hydroxylation sites is 1. The van der Waals surface area contributed by atoms with Crippen molar-refractivity contribution in [2.45, 2.75) is 45.2 Å². The Balaban J connectivity index is 1.89. The molecule has 0 bridgehead atoms. The standard InChI is InChI=1S/C18H25N3/c1-14-12-15(17-7-2-3-8-18(17)20-14)13-21-11-5-4-6-16(21)9-10-19/h2-3,7-8,12,16H,4-6,9-11,13,19H2,1H3. The minimum Gasteiger partial charge on any atom is -0.330 e. The number of pyridine rings is 1. The van der Waals surface area contributed by atoms with Gasteiger partial charge >= 0.3 is 0 Å². The molecule has 0 spiro atoms. The predicted molar refractivity (Wildman–Crippen MR) is 88.2 cm³/mol. The first-order chi connectivity index (χ1) is 10.3. The highest BCUT2D eigenvalue weighted by molar-refractivity contribution is 5.82. The zero-order valence-corrected chi connectivity index (χ0v) is 12.9. The molecule has 1 aliphatic rings. The van der Waals surface area contributed by atoms with Crippen LogP contribution < -0.4 is 5.73 Å². The number of piperidine rings is 1. The number of fused-ring (bicyclic) bond motifs is 1. The average Bonchev–Trinajstić information content (AvgIpc) is 2.49. The van der Waals surface area contributed by atoms with Crippen LogP contribution in [0.4, 0.5) is 0 Å². The van der Waals surface area contributed by atoms with Crippen LogP contribution in [0.5, 0.6) is 0 Å². The first-order valence-electron chi connectivity index (χ1n) is 8.07. The van der Waals surface area contributed by atoms with Gasteiger partial charge in [-0.3, -0.25) is 9.88 Å². The summed E-state index contributed by atoms with van der Waals surface area (Å²) in [5.74, 6) is 0. The van der Waals surface area contributed by atoms with Crippen LogP contribution in [0.1, 0.15) is 36.9 Å². The highest BCUT2D eigenvalue weighted by Crippen LogP contribution is 2.25. The minimum absolute atomic E-state index is 0.649. The lowest BCUT2D eigenvalue weighted by Crippen LogP contribution is -2.40. The average molecular weight is 283 g/mol. The number of benzene rings is 1. The summed E-state index contributed by atoms with van der Waals surface area (Å²) in [4.78, 5) is 7.27. The van der Waals surface area contributed by atoms with Gasteiger partial charge in [-0.1, -0.05) is 24.6 Å². The quantitative estimate of drug-likeness (QED) is 0.936. The van der Waals surface area contributed by atoms with Crippen LogP contribution >= 0.6 is 0 Å². The van der Waals surface area contributed by atoms with Gasteiger partial charge in [0.2, 0.25) is 0 Å². The molecule has 1 atom stereocenters. The topological polar surface area (TPSA) is 42.1 Å². The van der Waals surface area contributed by atoms with Crippen molar-refractivity contribution in [3.8, 4) is 0 Å². The molecule has 1 aromatic carbocycles. The zero-order valence-electron chi connectivity index (χ0n) is 12.9. The number of aryl methyl sites for hydroxylation is 1. The molecule has 0 radical (unpaired) electrons. The second-order valence-corrected chi connectivity index (χ2v) is 6.14. The van der Waals surface area contributed by atoms with Crippen molar-refractivity contribution < 1.29 is 0 Å². The van der Waals surface area contributed by atoms with Gasteiger partial charge in [0.1, 0.15) is 0 Å². The Bertz CT molecular complexity index is 606. The Kier molecular flexibility index (Phi) is 4.51. The van der Waals surface area contributed by atoms with Crippen molar-refractivity contribution in [2.75, 3.05) is 13.1 Å². The summed E-state index contributed by atoms with van der Waals surface area (Å²) in [5, 5.41) is 1.29. The van der Waals surface area contributed by atoms with Crippen molar-refractivity contribution in [1.29, 1.82) is 0 Å². The lowest BCUT2D eigenvalue weighted by atomic mass is 9.97. The first kappa shape index (κ1) is 14.5. The second kappa shape index (κ2) is 6.54. The van der Waals surface area contributed by atoms with Gasteiger partial charge in [0.25, 0.3) is 0 Å². The molecule has 21 heavy (non-hydrogen) atoms. The maximum atomic E-state index is 5.79. The molecule has 1 unspecified atom stereocenters. The van der Waals surface area contributed by atoms with Gasteiger partial charge in [-0.25, -0.2) is 0 Å². The van der Waals surface area contributed by atoms with Crippen molar-refractivity contribution in [2.24, 2.45) is 5.73 Å². The summed E-state index contributed by atoms with van der Waals surface area (Å²) in [5.41, 5.74) is 9.42. The number of hydrogen-bond acceptors (Lipinski definition) is 3. The molecule has 0 saturated carbocycles. The van der Waals surface area contributed by atoms with Crippen LogP contribution in [0.2, 0.25) is 0 Å². The van der Waals surface area contributed by atoms with Gasteiger partial charge in [-0.2, -0.15) is 0 Å². The molecule has 2 heterocycles. The van der Waals surface area contributed by atoms with E-state index in [1.165, 1.54) is 36.8 Å². The third kappa shape index (κ3) is 3.25. The fraction of sp³-hybridized carbons (Fsp3) is 0.500. The molecule has 3 nitrogen and oxygen atoms in total. The first-order valence-corrected chi connectivity index (χ1v) is 8.07. The molecule has 3 rings (SSSR count). The summed E-state index contributed by atoms with van der Waals surface area (Å²) in [6.07, 6.45) is 5.06. The van der Waals surface area contributed by atoms with Gasteiger partial charge in [0.05, 0.1) is 5.52 Å². The Morgan fingerprint density at radius 3 is 3.00 bits per heavy atom. The fourth-order valence-electron chi connectivity index (χ4n) is 3.53. The van der Waals surface area contributed by atoms with Crippen LogP contribution in [0, 0.1) is 6.92 Å². The van der Waals surface area contributed by atoms with Crippen LogP contribution in [0.25, 0.3) is 10.9 Å². The summed E-state index contributed by atoms with van der Waals surface area (Å²) in [6, 6.07) is 11.4. The molecule has 0 aliphatic carbocycles. The van der Waals surface area contributed by atoms with Crippen molar-refractivity contribution in [3.63, 3.8) is 0 Å². The zero-order chi connectivity index (χ0) is 14.7. The van der Waals surface area contributed by atoms with E-state index in [0.717, 1.165) is 30.7 Å². The van der Waals surface area contributed by atoms with Crippen LogP contribution in [-0.2, 0) is 6.54 Å². The molecule has 3 heteroatoms. The Labute approximate surface area is 127 Å². The van der Waals surface area contributed by atoms with E-state index in [2.05, 4.69) is 47.1 Å². The van der Waals surface area contributed by atoms with E-state index in [4.69, 9.17) is 5.73 Å². The third-order valence-corrected chi connectivity index (χ3v) is 4.55. The SMILES string of the molecule is Cc1cc(CN2CCCCC2CCN)c2ccccc2n1. The van der Waals surface area contributed by atoms with E-state index in [1.807, 2.05) is 0 Å². The van der Waals surface area contributed by atoms with E-state index in [1.54, 1.807) is 0 Å². The lowest BCUT2D eigenvalue weighted by molar-refractivity contribution is 0.134. The Morgan fingerprint density at radius 1 is 1.29 bits per heavy atom. The normalized spacial score (nSPS) is 20.0. The number of aromatic nitrogens is 1. The number of likely N-dealkylation sites (tertiary alicyclic amines) is 1. The summed E-state index contributed by atoms with van der Waals surface area (Å²) in [6.45, 7) is 5.09. The molecule has 112 valence electrons. The van der Waals surface area contributed by atoms with Crippen LogP contribution in [0.3, 0.4) is 0 Å². The highest BCUT2D eigenvalue weighted by Gasteiger charge is 2.22. The maximum Gasteiger partial charge on any atom is 0.0708 e. The fourth-order valence-corrected chi connectivity index (χ4v) is 3.53. The molecule has 1 aromatic heterocycles. The van der Waals surface area contributed by atoms with E-state index in [0.29, 0.717) is 6.04 Å². The molecule has 1 saturated heterocycles. The Hall–Kier alpha value is -1.45. The summed E-state index contributed by atoms with van der Waals surface area (Å²) < 4.78 is 0. The predicted octanol–water partition coefficient (Wildman–Crippen LogP) is 3.25. The highest BCUT2D eigenvalue weighted by atomic mass is 15.2. The number of nitrogens with two attached hydrogens (primary N) is 1. The van der Waals surface area contributed by atoms with Crippen LogP contribution in [0.15, 0.2) is 30.3 Å². The lowest BCUT2D eigenvalue weighted by Gasteiger charge is -2.36. The second-order valence-electron chi connectivity index (χ2n) is 6.14. The molecular weight excluding hydrogens is 258 g/mol. The number of rotatable bonds is 4. The number of nitrogens with zero attached hydrogens (tertiary/aromatic N) is 2. The molecule has 2 N–H and O–H groups in total. The maximum absolute atomic E-state index is 5.79. The Morgan fingerprint density at radius 2 is 2.14 bits per heavy atom. The van der Waals surface area contributed by atoms with E-state index < -0.39 is 0 Å². The van der Waals surface area contributed by atoms with Gasteiger partial charge in [-0.15, -0.1) is 0 Å². The molecule has 2 aromatic rings. The van der Waals surface area contributed by atoms with Gasteiger partial charge in [0, 0.05) is 23.7 Å². The summed E-state index contributed by atoms with van der Waals surface area (Å²) >= 11 is 0. The smallest absolute Gasteiger partial charge is 0.0708 e. The van der Waals surface area contributed by atoms with Crippen molar-refractivity contribution >= 4 is 10.9 Å². The van der Waals surface area contributed by atoms with Crippen molar-refractivity contribution in [1.82, 2.24) is 9.88 Å². The third-order valence-electron chi connectivity index (χ3n) is 4.55. The van der Waals surface area contributed by atoms with Crippen LogP contribution in [-0.4, -0.2) is 29.0 Å². The van der Waals surface area contributed by atoms with E-state index in [9.17, 15) is 0 Å². The molecule has 0 amide bonds. The van der Waals surface area contributed by atoms with E-state index >= 15 is 0 Å². The largest absolute Gasteiger partial charge is 0.330 e. The van der Waals surface area contributed by atoms with E-state index in [-0.39, 0.29) is 0 Å². The molecular formula is C18H25N3.